The molecule has 0 atom stereocenters. The molecule has 0 fully saturated rings. The number of nitrogens with one attached hydrogen (secondary N) is 1. The third kappa shape index (κ3) is 2.99. The highest BCUT2D eigenvalue weighted by atomic mass is 16.1. The van der Waals surface area contributed by atoms with Gasteiger partial charge in [0.25, 0.3) is 17.6 Å². The first-order chi connectivity index (χ1) is 12.7. The molecule has 0 saturated heterocycles. The third-order valence-corrected chi connectivity index (χ3v) is 3.76. The zero-order chi connectivity index (χ0) is 17.9. The second-order valence-electron chi connectivity index (χ2n) is 5.51. The number of amides is 1. The summed E-state index contributed by atoms with van der Waals surface area (Å²) < 4.78 is 1.49. The fraction of sp³-hybridized carbons (Fsp3) is 0. The van der Waals surface area contributed by atoms with E-state index in [1.165, 1.54) is 10.6 Å². The quantitative estimate of drug-likeness (QED) is 0.618. The Morgan fingerprint density at radius 3 is 2.69 bits per heavy atom. The number of aromatic nitrogens is 4. The highest BCUT2D eigenvalue weighted by Gasteiger charge is 2.12. The lowest BCUT2D eigenvalue weighted by Gasteiger charge is -2.00. The molecule has 0 saturated carbocycles. The second-order valence-corrected chi connectivity index (χ2v) is 5.51. The van der Waals surface area contributed by atoms with E-state index in [1.807, 2.05) is 42.5 Å². The zero-order valence-corrected chi connectivity index (χ0v) is 13.5. The molecule has 7 heteroatoms. The van der Waals surface area contributed by atoms with E-state index in [-0.39, 0.29) is 11.9 Å². The van der Waals surface area contributed by atoms with Gasteiger partial charge in [-0.25, -0.2) is 9.50 Å². The summed E-state index contributed by atoms with van der Waals surface area (Å²) in [5.74, 6) is 0.142. The van der Waals surface area contributed by atoms with Crippen LogP contribution < -0.4 is 5.32 Å². The first-order valence-electron chi connectivity index (χ1n) is 7.83. The zero-order valence-electron chi connectivity index (χ0n) is 13.5. The van der Waals surface area contributed by atoms with E-state index in [4.69, 9.17) is 5.26 Å². The summed E-state index contributed by atoms with van der Waals surface area (Å²) in [4.78, 5) is 21.0. The summed E-state index contributed by atoms with van der Waals surface area (Å²) in [6, 6.07) is 20.0. The van der Waals surface area contributed by atoms with Crippen molar-refractivity contribution in [3.8, 4) is 17.3 Å². The van der Waals surface area contributed by atoms with E-state index in [2.05, 4.69) is 20.4 Å². The number of carbonyl (C=O) groups excluding carboxylic acids is 1. The number of rotatable bonds is 3. The van der Waals surface area contributed by atoms with Crippen LogP contribution in [0.15, 0.2) is 66.9 Å². The van der Waals surface area contributed by atoms with Crippen molar-refractivity contribution in [3.05, 3.63) is 78.0 Å². The molecular weight excluding hydrogens is 328 g/mol. The van der Waals surface area contributed by atoms with Crippen LogP contribution in [0.4, 0.5) is 5.95 Å². The van der Waals surface area contributed by atoms with Crippen LogP contribution in [0.3, 0.4) is 0 Å². The van der Waals surface area contributed by atoms with Gasteiger partial charge < -0.3 is 0 Å². The first-order valence-corrected chi connectivity index (χ1v) is 7.83. The van der Waals surface area contributed by atoms with Gasteiger partial charge in [-0.2, -0.15) is 10.2 Å². The van der Waals surface area contributed by atoms with Crippen molar-refractivity contribution < 1.29 is 4.79 Å². The van der Waals surface area contributed by atoms with Crippen LogP contribution in [0.5, 0.6) is 0 Å². The predicted octanol–water partition coefficient (Wildman–Crippen LogP) is 2.92. The Kier molecular flexibility index (Phi) is 3.84. The van der Waals surface area contributed by atoms with Gasteiger partial charge in [-0.3, -0.25) is 10.1 Å². The van der Waals surface area contributed by atoms with Crippen molar-refractivity contribution in [2.45, 2.75) is 0 Å². The van der Waals surface area contributed by atoms with Crippen molar-refractivity contribution in [1.29, 1.82) is 5.26 Å². The van der Waals surface area contributed by atoms with Gasteiger partial charge in [0.2, 0.25) is 0 Å². The summed E-state index contributed by atoms with van der Waals surface area (Å²) in [6.07, 6.45) is 1.74. The van der Waals surface area contributed by atoms with Crippen LogP contribution in [0.1, 0.15) is 15.9 Å². The third-order valence-electron chi connectivity index (χ3n) is 3.76. The van der Waals surface area contributed by atoms with Crippen LogP contribution in [0.2, 0.25) is 0 Å². The van der Waals surface area contributed by atoms with Crippen molar-refractivity contribution in [3.63, 3.8) is 0 Å². The van der Waals surface area contributed by atoms with E-state index in [1.54, 1.807) is 24.4 Å². The summed E-state index contributed by atoms with van der Waals surface area (Å²) in [5, 5.41) is 15.8. The maximum absolute atomic E-state index is 12.3. The number of benzene rings is 2. The van der Waals surface area contributed by atoms with Gasteiger partial charge in [0.1, 0.15) is 0 Å². The molecule has 0 radical (unpaired) electrons. The lowest BCUT2D eigenvalue weighted by atomic mass is 10.1. The molecule has 7 nitrogen and oxygen atoms in total. The minimum absolute atomic E-state index is 0.148. The standard InChI is InChI=1S/C19H12N6O/c20-12-13-5-4-8-15(11-13)17(26)22-18-23-19-21-16(9-10-25(19)24-18)14-6-2-1-3-7-14/h1-11H,(H,22,24,26). The average molecular weight is 340 g/mol. The molecule has 2 aromatic heterocycles. The average Bonchev–Trinajstić information content (AvgIpc) is 3.10. The van der Waals surface area contributed by atoms with Crippen molar-refractivity contribution in [2.24, 2.45) is 0 Å². The van der Waals surface area contributed by atoms with Crippen molar-refractivity contribution in [2.75, 3.05) is 5.32 Å². The second kappa shape index (κ2) is 6.45. The largest absolute Gasteiger partial charge is 0.289 e. The fourth-order valence-corrected chi connectivity index (χ4v) is 2.50. The Bertz CT molecular complexity index is 1140. The predicted molar refractivity (Wildman–Crippen MR) is 95.3 cm³/mol. The van der Waals surface area contributed by atoms with Gasteiger partial charge in [0.05, 0.1) is 17.3 Å². The molecule has 26 heavy (non-hydrogen) atoms. The topological polar surface area (TPSA) is 96.0 Å². The Labute approximate surface area is 148 Å². The van der Waals surface area contributed by atoms with E-state index in [0.717, 1.165) is 11.3 Å². The van der Waals surface area contributed by atoms with Gasteiger partial charge in [0, 0.05) is 17.3 Å². The smallest absolute Gasteiger partial charge is 0.258 e. The minimum atomic E-state index is -0.388. The lowest BCUT2D eigenvalue weighted by Crippen LogP contribution is -2.13. The van der Waals surface area contributed by atoms with Gasteiger partial charge in [-0.15, -0.1) is 5.10 Å². The maximum Gasteiger partial charge on any atom is 0.258 e. The molecule has 1 N–H and O–H groups in total. The summed E-state index contributed by atoms with van der Waals surface area (Å²) >= 11 is 0. The number of hydrogen-bond donors (Lipinski definition) is 1. The van der Waals surface area contributed by atoms with Gasteiger partial charge in [0.15, 0.2) is 0 Å². The molecular formula is C19H12N6O. The highest BCUT2D eigenvalue weighted by Crippen LogP contribution is 2.17. The number of nitrogens with zero attached hydrogens (tertiary/aromatic N) is 5. The highest BCUT2D eigenvalue weighted by molar-refractivity contribution is 6.03. The molecule has 0 spiro atoms. The van der Waals surface area contributed by atoms with Crippen LogP contribution in [-0.4, -0.2) is 25.5 Å². The molecule has 1 amide bonds. The minimum Gasteiger partial charge on any atom is -0.289 e. The molecule has 2 heterocycles. The maximum atomic E-state index is 12.3. The van der Waals surface area contributed by atoms with Crippen molar-refractivity contribution >= 4 is 17.6 Å². The Morgan fingerprint density at radius 1 is 1.04 bits per heavy atom. The summed E-state index contributed by atoms with van der Waals surface area (Å²) in [7, 11) is 0. The number of anilines is 1. The van der Waals surface area contributed by atoms with Crippen LogP contribution in [-0.2, 0) is 0 Å². The molecule has 0 aliphatic carbocycles. The van der Waals surface area contributed by atoms with E-state index in [9.17, 15) is 4.79 Å². The van der Waals surface area contributed by atoms with Gasteiger partial charge >= 0.3 is 0 Å². The number of fused-ring (bicyclic) bond motifs is 1. The van der Waals surface area contributed by atoms with Gasteiger partial charge in [-0.05, 0) is 24.3 Å². The van der Waals surface area contributed by atoms with Crippen molar-refractivity contribution in [1.82, 2.24) is 19.6 Å². The monoisotopic (exact) mass is 340 g/mol. The number of carbonyl (C=O) groups is 1. The number of hydrogen-bond acceptors (Lipinski definition) is 5. The molecule has 0 aliphatic heterocycles. The molecule has 2 aromatic carbocycles. The van der Waals surface area contributed by atoms with E-state index >= 15 is 0 Å². The van der Waals surface area contributed by atoms with E-state index < -0.39 is 0 Å². The summed E-state index contributed by atoms with van der Waals surface area (Å²) in [5.41, 5.74) is 2.51. The number of nitriles is 1. The summed E-state index contributed by atoms with van der Waals surface area (Å²) in [6.45, 7) is 0. The molecule has 4 aromatic rings. The Morgan fingerprint density at radius 2 is 1.88 bits per heavy atom. The lowest BCUT2D eigenvalue weighted by molar-refractivity contribution is 0.102. The molecule has 4 rings (SSSR count). The molecule has 124 valence electrons. The Hall–Kier alpha value is -4.05. The van der Waals surface area contributed by atoms with E-state index in [0.29, 0.717) is 16.9 Å². The molecule has 0 bridgehead atoms. The normalized spacial score (nSPS) is 10.4. The Balaban J connectivity index is 1.61. The van der Waals surface area contributed by atoms with Crippen LogP contribution in [0, 0.1) is 11.3 Å². The fourth-order valence-electron chi connectivity index (χ4n) is 2.50. The van der Waals surface area contributed by atoms with Crippen LogP contribution in [0.25, 0.3) is 17.0 Å². The molecule has 0 aliphatic rings. The van der Waals surface area contributed by atoms with Gasteiger partial charge in [-0.1, -0.05) is 36.4 Å². The SMILES string of the molecule is N#Cc1cccc(C(=O)Nc2nc3nc(-c4ccccc4)ccn3n2)c1. The van der Waals surface area contributed by atoms with Crippen LogP contribution >= 0.6 is 0 Å². The first kappa shape index (κ1) is 15.5. The molecule has 0 unspecified atom stereocenters.